The lowest BCUT2D eigenvalue weighted by Gasteiger charge is -2.15. The van der Waals surface area contributed by atoms with Gasteiger partial charge >= 0.3 is 0 Å². The van der Waals surface area contributed by atoms with Crippen LogP contribution in [0.25, 0.3) is 0 Å². The van der Waals surface area contributed by atoms with E-state index in [1.54, 1.807) is 6.92 Å². The largest absolute Gasteiger partial charge is 0.366 e. The summed E-state index contributed by atoms with van der Waals surface area (Å²) in [6.07, 6.45) is 7.01. The average Bonchev–Trinajstić information content (AvgIpc) is 2.46. The Labute approximate surface area is 132 Å². The van der Waals surface area contributed by atoms with Crippen LogP contribution in [-0.4, -0.2) is 30.3 Å². The first kappa shape index (κ1) is 20.1. The van der Waals surface area contributed by atoms with Gasteiger partial charge in [-0.05, 0) is 26.3 Å². The van der Waals surface area contributed by atoms with E-state index in [0.29, 0.717) is 13.0 Å². The van der Waals surface area contributed by atoms with Gasteiger partial charge in [0.2, 0.25) is 17.7 Å². The van der Waals surface area contributed by atoms with Gasteiger partial charge in [0, 0.05) is 18.5 Å². The predicted molar refractivity (Wildman–Crippen MR) is 86.9 cm³/mol. The fourth-order valence-corrected chi connectivity index (χ4v) is 1.93. The number of rotatable bonds is 11. The third-order valence-electron chi connectivity index (χ3n) is 3.26. The van der Waals surface area contributed by atoms with Gasteiger partial charge in [-0.3, -0.25) is 14.4 Å². The molecule has 0 aromatic rings. The molecular formula is C16H29N3O3. The number of primary amides is 1. The van der Waals surface area contributed by atoms with Gasteiger partial charge in [-0.25, -0.2) is 0 Å². The summed E-state index contributed by atoms with van der Waals surface area (Å²) in [6, 6.07) is -0.865. The summed E-state index contributed by atoms with van der Waals surface area (Å²) < 4.78 is 0. The van der Waals surface area contributed by atoms with Crippen molar-refractivity contribution in [2.24, 2.45) is 5.73 Å². The van der Waals surface area contributed by atoms with Gasteiger partial charge in [-0.1, -0.05) is 32.6 Å². The molecule has 0 aliphatic carbocycles. The minimum absolute atomic E-state index is 0.193. The van der Waals surface area contributed by atoms with Gasteiger partial charge in [0.1, 0.15) is 6.04 Å². The van der Waals surface area contributed by atoms with Crippen molar-refractivity contribution in [2.75, 3.05) is 6.54 Å². The van der Waals surface area contributed by atoms with Crippen molar-refractivity contribution in [2.45, 2.75) is 65.3 Å². The molecular weight excluding hydrogens is 282 g/mol. The van der Waals surface area contributed by atoms with Crippen LogP contribution in [0.15, 0.2) is 11.6 Å². The highest BCUT2D eigenvalue weighted by atomic mass is 16.2. The van der Waals surface area contributed by atoms with Gasteiger partial charge < -0.3 is 16.4 Å². The average molecular weight is 311 g/mol. The maximum atomic E-state index is 11.9. The lowest BCUT2D eigenvalue weighted by atomic mass is 10.1. The summed E-state index contributed by atoms with van der Waals surface area (Å²) in [5.41, 5.74) is 5.41. The van der Waals surface area contributed by atoms with E-state index in [1.807, 2.05) is 0 Å². The van der Waals surface area contributed by atoms with Crippen molar-refractivity contribution < 1.29 is 14.4 Å². The Morgan fingerprint density at radius 1 is 1.09 bits per heavy atom. The normalized spacial score (nSPS) is 12.6. The molecule has 0 aliphatic rings. The highest BCUT2D eigenvalue weighted by Gasteiger charge is 2.18. The Morgan fingerprint density at radius 2 is 1.73 bits per heavy atom. The molecule has 0 aliphatic heterocycles. The molecule has 4 N–H and O–H groups in total. The van der Waals surface area contributed by atoms with Gasteiger partial charge in [0.25, 0.3) is 0 Å². The minimum atomic E-state index is -0.865. The fourth-order valence-electron chi connectivity index (χ4n) is 1.93. The molecule has 3 amide bonds. The van der Waals surface area contributed by atoms with E-state index >= 15 is 0 Å². The Bertz CT molecular complexity index is 405. The molecule has 0 aromatic carbocycles. The van der Waals surface area contributed by atoms with Crippen molar-refractivity contribution in [1.29, 1.82) is 0 Å². The van der Waals surface area contributed by atoms with Crippen LogP contribution >= 0.6 is 0 Å². The van der Waals surface area contributed by atoms with E-state index in [4.69, 9.17) is 5.73 Å². The number of likely N-dealkylation sites (N-methyl/N-ethyl adjacent to an activating group) is 1. The van der Waals surface area contributed by atoms with Gasteiger partial charge in [0.15, 0.2) is 0 Å². The zero-order chi connectivity index (χ0) is 17.0. The van der Waals surface area contributed by atoms with Gasteiger partial charge in [-0.2, -0.15) is 0 Å². The Morgan fingerprint density at radius 3 is 2.27 bits per heavy atom. The highest BCUT2D eigenvalue weighted by molar-refractivity contribution is 5.94. The number of nitrogens with two attached hydrogens (primary N) is 1. The van der Waals surface area contributed by atoms with Crippen LogP contribution in [0.3, 0.4) is 0 Å². The molecule has 0 bridgehead atoms. The van der Waals surface area contributed by atoms with Gasteiger partial charge in [0.05, 0.1) is 0 Å². The van der Waals surface area contributed by atoms with Crippen LogP contribution in [0.2, 0.25) is 0 Å². The molecule has 1 unspecified atom stereocenters. The first-order chi connectivity index (χ1) is 10.4. The quantitative estimate of drug-likeness (QED) is 0.397. The van der Waals surface area contributed by atoms with Crippen LogP contribution in [0.1, 0.15) is 59.3 Å². The predicted octanol–water partition coefficient (Wildman–Crippen LogP) is 1.40. The van der Waals surface area contributed by atoms with Crippen LogP contribution in [-0.2, 0) is 14.4 Å². The standard InChI is InChI=1S/C16H29N3O3/c1-4-6-7-8-9-10-14(20)19-13(16(22)18-5-2)11-12(3)15(17)21/h11,13H,4-10H2,1-3H3,(H2,17,21)(H,18,22)(H,19,20). The minimum Gasteiger partial charge on any atom is -0.366 e. The second-order valence-electron chi connectivity index (χ2n) is 5.32. The SMILES string of the molecule is CCCCCCCC(=O)NC(C=C(C)C(N)=O)C(=O)NCC. The number of carbonyl (C=O) groups excluding carboxylic acids is 3. The molecule has 0 rings (SSSR count). The van der Waals surface area contributed by atoms with Crippen LogP contribution in [0.5, 0.6) is 0 Å². The Hall–Kier alpha value is -1.85. The second kappa shape index (κ2) is 11.8. The first-order valence-electron chi connectivity index (χ1n) is 7.97. The number of hydrogen-bond acceptors (Lipinski definition) is 3. The maximum Gasteiger partial charge on any atom is 0.246 e. The van der Waals surface area contributed by atoms with Crippen molar-refractivity contribution in [3.05, 3.63) is 11.6 Å². The van der Waals surface area contributed by atoms with Crippen molar-refractivity contribution in [3.63, 3.8) is 0 Å². The van der Waals surface area contributed by atoms with Crippen molar-refractivity contribution in [1.82, 2.24) is 10.6 Å². The number of nitrogens with one attached hydrogen (secondary N) is 2. The summed E-state index contributed by atoms with van der Waals surface area (Å²) in [7, 11) is 0. The molecule has 6 nitrogen and oxygen atoms in total. The third kappa shape index (κ3) is 9.15. The fraction of sp³-hybridized carbons (Fsp3) is 0.688. The number of unbranched alkanes of at least 4 members (excludes halogenated alkanes) is 4. The summed E-state index contributed by atoms with van der Waals surface area (Å²) >= 11 is 0. The lowest BCUT2D eigenvalue weighted by Crippen LogP contribution is -2.46. The molecule has 0 spiro atoms. The highest BCUT2D eigenvalue weighted by Crippen LogP contribution is 2.05. The van der Waals surface area contributed by atoms with E-state index in [-0.39, 0.29) is 17.4 Å². The summed E-state index contributed by atoms with van der Waals surface area (Å²) in [4.78, 5) is 34.9. The van der Waals surface area contributed by atoms with E-state index < -0.39 is 11.9 Å². The van der Waals surface area contributed by atoms with Crippen LogP contribution in [0, 0.1) is 0 Å². The lowest BCUT2D eigenvalue weighted by molar-refractivity contribution is -0.127. The van der Waals surface area contributed by atoms with Crippen LogP contribution in [0.4, 0.5) is 0 Å². The van der Waals surface area contributed by atoms with Crippen molar-refractivity contribution in [3.8, 4) is 0 Å². The number of amides is 3. The summed E-state index contributed by atoms with van der Waals surface area (Å²) in [6.45, 7) is 5.89. The zero-order valence-corrected chi connectivity index (χ0v) is 13.9. The molecule has 0 saturated heterocycles. The second-order valence-corrected chi connectivity index (χ2v) is 5.32. The van der Waals surface area contributed by atoms with E-state index in [1.165, 1.54) is 19.4 Å². The molecule has 6 heteroatoms. The molecule has 1 atom stereocenters. The molecule has 0 aromatic heterocycles. The zero-order valence-electron chi connectivity index (χ0n) is 13.9. The van der Waals surface area contributed by atoms with Crippen molar-refractivity contribution >= 4 is 17.7 Å². The number of carbonyl (C=O) groups is 3. The van der Waals surface area contributed by atoms with Crippen LogP contribution < -0.4 is 16.4 Å². The van der Waals surface area contributed by atoms with Gasteiger partial charge in [-0.15, -0.1) is 0 Å². The molecule has 0 saturated carbocycles. The smallest absolute Gasteiger partial charge is 0.246 e. The molecule has 0 heterocycles. The third-order valence-corrected chi connectivity index (χ3v) is 3.26. The Kier molecular flexibility index (Phi) is 10.8. The summed E-state index contributed by atoms with van der Waals surface area (Å²) in [5, 5.41) is 5.27. The topological polar surface area (TPSA) is 101 Å². The van der Waals surface area contributed by atoms with E-state index in [2.05, 4.69) is 17.6 Å². The molecule has 0 fully saturated rings. The monoisotopic (exact) mass is 311 g/mol. The Balaban J connectivity index is 4.50. The molecule has 0 radical (unpaired) electrons. The van der Waals surface area contributed by atoms with E-state index in [9.17, 15) is 14.4 Å². The number of hydrogen-bond donors (Lipinski definition) is 3. The summed E-state index contributed by atoms with van der Waals surface area (Å²) in [5.74, 6) is -1.15. The molecule has 22 heavy (non-hydrogen) atoms. The van der Waals surface area contributed by atoms with E-state index in [0.717, 1.165) is 25.7 Å². The first-order valence-corrected chi connectivity index (χ1v) is 7.97. The maximum absolute atomic E-state index is 11.9. The molecule has 126 valence electrons.